The number of alkyl halides is 1. The van der Waals surface area contributed by atoms with Gasteiger partial charge in [-0.2, -0.15) is 0 Å². The fraction of sp³-hybridized carbons (Fsp3) is 0.385. The van der Waals surface area contributed by atoms with E-state index in [4.69, 9.17) is 4.74 Å². The van der Waals surface area contributed by atoms with E-state index in [0.717, 1.165) is 0 Å². The van der Waals surface area contributed by atoms with Gasteiger partial charge in [0.05, 0.1) is 6.04 Å². The zero-order chi connectivity index (χ0) is 13.1. The van der Waals surface area contributed by atoms with Gasteiger partial charge in [0, 0.05) is 19.0 Å². The summed E-state index contributed by atoms with van der Waals surface area (Å²) < 4.78 is 17.7. The fourth-order valence-corrected chi connectivity index (χ4v) is 2.08. The number of esters is 1. The molecule has 1 heterocycles. The number of benzene rings is 1. The third-order valence-electron chi connectivity index (χ3n) is 2.88. The summed E-state index contributed by atoms with van der Waals surface area (Å²) in [5.74, 6) is -0.0609. The molecule has 0 N–H and O–H groups in total. The van der Waals surface area contributed by atoms with Crippen LogP contribution in [0.5, 0.6) is 5.75 Å². The normalized spacial score (nSPS) is 19.1. The van der Waals surface area contributed by atoms with Crippen LogP contribution >= 0.6 is 0 Å². The van der Waals surface area contributed by atoms with Gasteiger partial charge < -0.3 is 9.64 Å². The summed E-state index contributed by atoms with van der Waals surface area (Å²) in [6.45, 7) is 0.772. The maximum atomic E-state index is 12.8. The molecule has 0 saturated carbocycles. The van der Waals surface area contributed by atoms with Gasteiger partial charge in [0.15, 0.2) is 0 Å². The first-order chi connectivity index (χ1) is 8.61. The summed E-state index contributed by atoms with van der Waals surface area (Å²) in [7, 11) is 0. The first-order valence-corrected chi connectivity index (χ1v) is 5.78. The molecule has 1 aliphatic heterocycles. The molecule has 0 radical (unpaired) electrons. The second-order valence-electron chi connectivity index (χ2n) is 4.20. The molecule has 0 aliphatic carbocycles. The van der Waals surface area contributed by atoms with Gasteiger partial charge in [0.1, 0.15) is 12.4 Å². The highest BCUT2D eigenvalue weighted by atomic mass is 19.1. The van der Waals surface area contributed by atoms with E-state index in [1.807, 2.05) is 0 Å². The van der Waals surface area contributed by atoms with Crippen LogP contribution in [0.4, 0.5) is 10.1 Å². The lowest BCUT2D eigenvalue weighted by atomic mass is 10.2. The maximum absolute atomic E-state index is 12.8. The van der Waals surface area contributed by atoms with Gasteiger partial charge in [-0.1, -0.05) is 0 Å². The van der Waals surface area contributed by atoms with Gasteiger partial charge in [-0.05, 0) is 30.7 Å². The lowest BCUT2D eigenvalue weighted by molar-refractivity contribution is -0.131. The van der Waals surface area contributed by atoms with Crippen molar-refractivity contribution in [3.8, 4) is 5.75 Å². The molecule has 1 fully saturated rings. The molecule has 0 bridgehead atoms. The molecular formula is C13H14FNO3. The Kier molecular flexibility index (Phi) is 3.60. The van der Waals surface area contributed by atoms with Crippen LogP contribution in [0, 0.1) is 0 Å². The number of carbonyl (C=O) groups excluding carboxylic acids is 2. The molecule has 5 heteroatoms. The molecular weight excluding hydrogens is 237 g/mol. The van der Waals surface area contributed by atoms with E-state index in [1.165, 1.54) is 11.8 Å². The van der Waals surface area contributed by atoms with Crippen LogP contribution in [-0.4, -0.2) is 24.6 Å². The van der Waals surface area contributed by atoms with Gasteiger partial charge in [0.2, 0.25) is 5.91 Å². The van der Waals surface area contributed by atoms with Crippen molar-refractivity contribution in [1.29, 1.82) is 0 Å². The second-order valence-corrected chi connectivity index (χ2v) is 4.20. The molecule has 1 aromatic rings. The number of hydrogen-bond donors (Lipinski definition) is 0. The Bertz CT molecular complexity index is 458. The van der Waals surface area contributed by atoms with Crippen molar-refractivity contribution < 1.29 is 18.7 Å². The van der Waals surface area contributed by atoms with Crippen molar-refractivity contribution in [2.24, 2.45) is 0 Å². The number of carbonyl (C=O) groups is 2. The van der Waals surface area contributed by atoms with E-state index in [1.54, 1.807) is 24.3 Å². The van der Waals surface area contributed by atoms with Crippen LogP contribution in [0.1, 0.15) is 19.8 Å². The van der Waals surface area contributed by atoms with E-state index in [0.29, 0.717) is 24.3 Å². The molecule has 1 aromatic carbocycles. The molecule has 0 aromatic heterocycles. The van der Waals surface area contributed by atoms with Crippen molar-refractivity contribution >= 4 is 17.6 Å². The molecule has 1 atom stereocenters. The second kappa shape index (κ2) is 5.16. The predicted octanol–water partition coefficient (Wildman–Crippen LogP) is 2.08. The minimum atomic E-state index is -0.544. The van der Waals surface area contributed by atoms with Gasteiger partial charge in [-0.3, -0.25) is 9.59 Å². The van der Waals surface area contributed by atoms with E-state index in [-0.39, 0.29) is 11.9 Å². The van der Waals surface area contributed by atoms with Crippen LogP contribution < -0.4 is 9.64 Å². The Hall–Kier alpha value is -1.91. The lowest BCUT2D eigenvalue weighted by Gasteiger charge is -2.22. The number of ether oxygens (including phenoxy) is 1. The molecule has 4 nitrogen and oxygen atoms in total. The number of hydrogen-bond acceptors (Lipinski definition) is 3. The van der Waals surface area contributed by atoms with Crippen molar-refractivity contribution in [2.45, 2.75) is 25.8 Å². The number of nitrogens with zero attached hydrogens (tertiary/aromatic N) is 1. The van der Waals surface area contributed by atoms with E-state index >= 15 is 0 Å². The molecule has 0 spiro atoms. The van der Waals surface area contributed by atoms with E-state index < -0.39 is 12.6 Å². The number of amides is 1. The molecule has 2 rings (SSSR count). The van der Waals surface area contributed by atoms with Crippen molar-refractivity contribution in [1.82, 2.24) is 0 Å². The van der Waals surface area contributed by atoms with Gasteiger partial charge in [0.25, 0.3) is 0 Å². The first kappa shape index (κ1) is 12.5. The molecule has 1 unspecified atom stereocenters. The van der Waals surface area contributed by atoms with Crippen LogP contribution in [0.25, 0.3) is 0 Å². The van der Waals surface area contributed by atoms with E-state index in [2.05, 4.69) is 0 Å². The standard InChI is InChI=1S/C13H14FNO3/c1-9(16)18-12-5-2-10(3-6-12)15-11(8-14)4-7-13(15)17/h2-3,5-6,11H,4,7-8H2,1H3. The number of halogens is 1. The minimum absolute atomic E-state index is 0.0714. The Labute approximate surface area is 104 Å². The topological polar surface area (TPSA) is 46.6 Å². The highest BCUT2D eigenvalue weighted by Crippen LogP contribution is 2.28. The van der Waals surface area contributed by atoms with Crippen LogP contribution in [0.3, 0.4) is 0 Å². The van der Waals surface area contributed by atoms with Crippen molar-refractivity contribution in [2.75, 3.05) is 11.6 Å². The Balaban J connectivity index is 2.18. The average molecular weight is 251 g/mol. The van der Waals surface area contributed by atoms with E-state index in [9.17, 15) is 14.0 Å². The quantitative estimate of drug-likeness (QED) is 0.610. The van der Waals surface area contributed by atoms with Gasteiger partial charge in [-0.25, -0.2) is 4.39 Å². The third-order valence-corrected chi connectivity index (χ3v) is 2.88. The molecule has 1 aliphatic rings. The average Bonchev–Trinajstić information content (AvgIpc) is 2.71. The smallest absolute Gasteiger partial charge is 0.308 e. The Morgan fingerprint density at radius 3 is 2.67 bits per heavy atom. The lowest BCUT2D eigenvalue weighted by Crippen LogP contribution is -2.34. The summed E-state index contributed by atoms with van der Waals surface area (Å²) >= 11 is 0. The maximum Gasteiger partial charge on any atom is 0.308 e. The largest absolute Gasteiger partial charge is 0.427 e. The summed E-state index contributed by atoms with van der Waals surface area (Å²) in [6, 6.07) is 6.13. The highest BCUT2D eigenvalue weighted by molar-refractivity contribution is 5.96. The monoisotopic (exact) mass is 251 g/mol. The number of rotatable bonds is 3. The molecule has 96 valence electrons. The van der Waals surface area contributed by atoms with Crippen molar-refractivity contribution in [3.63, 3.8) is 0 Å². The fourth-order valence-electron chi connectivity index (χ4n) is 2.08. The summed E-state index contributed by atoms with van der Waals surface area (Å²) in [4.78, 5) is 23.9. The van der Waals surface area contributed by atoms with Crippen LogP contribution in [-0.2, 0) is 9.59 Å². The SMILES string of the molecule is CC(=O)Oc1ccc(N2C(=O)CCC2CF)cc1. The Morgan fingerprint density at radius 1 is 1.44 bits per heavy atom. The van der Waals surface area contributed by atoms with Gasteiger partial charge >= 0.3 is 5.97 Å². The van der Waals surface area contributed by atoms with Gasteiger partial charge in [-0.15, -0.1) is 0 Å². The first-order valence-electron chi connectivity index (χ1n) is 5.78. The molecule has 18 heavy (non-hydrogen) atoms. The van der Waals surface area contributed by atoms with Crippen LogP contribution in [0.2, 0.25) is 0 Å². The number of anilines is 1. The summed E-state index contributed by atoms with van der Waals surface area (Å²) in [5.41, 5.74) is 0.635. The Morgan fingerprint density at radius 2 is 2.11 bits per heavy atom. The zero-order valence-electron chi connectivity index (χ0n) is 10.1. The van der Waals surface area contributed by atoms with Crippen molar-refractivity contribution in [3.05, 3.63) is 24.3 Å². The third kappa shape index (κ3) is 2.50. The zero-order valence-corrected chi connectivity index (χ0v) is 10.1. The summed E-state index contributed by atoms with van der Waals surface area (Å²) in [5, 5.41) is 0. The summed E-state index contributed by atoms with van der Waals surface area (Å²) in [6.07, 6.45) is 0.918. The van der Waals surface area contributed by atoms with Crippen LogP contribution in [0.15, 0.2) is 24.3 Å². The highest BCUT2D eigenvalue weighted by Gasteiger charge is 2.31. The predicted molar refractivity (Wildman–Crippen MR) is 64.2 cm³/mol. The minimum Gasteiger partial charge on any atom is -0.427 e. The molecule has 1 saturated heterocycles. The molecule has 1 amide bonds.